The molecule has 1 aliphatic carbocycles. The maximum absolute atomic E-state index is 4.62. The van der Waals surface area contributed by atoms with Crippen molar-refractivity contribution in [2.45, 2.75) is 38.1 Å². The number of aromatic amines is 1. The van der Waals surface area contributed by atoms with Crippen molar-refractivity contribution in [1.82, 2.24) is 20.2 Å². The Kier molecular flexibility index (Phi) is 4.96. The lowest BCUT2D eigenvalue weighted by molar-refractivity contribution is 0.588. The van der Waals surface area contributed by atoms with E-state index in [1.54, 1.807) is 11.8 Å². The number of hydrogen-bond acceptors (Lipinski definition) is 4. The van der Waals surface area contributed by atoms with Crippen molar-refractivity contribution in [2.24, 2.45) is 11.8 Å². The minimum absolute atomic E-state index is 0.560. The van der Waals surface area contributed by atoms with Crippen LogP contribution in [0.15, 0.2) is 47.3 Å². The third-order valence-electron chi connectivity index (χ3n) is 4.08. The van der Waals surface area contributed by atoms with E-state index in [2.05, 4.69) is 53.1 Å². The molecule has 0 saturated heterocycles. The van der Waals surface area contributed by atoms with Gasteiger partial charge in [0.15, 0.2) is 5.82 Å². The molecule has 1 atom stereocenters. The first kappa shape index (κ1) is 16.0. The van der Waals surface area contributed by atoms with Gasteiger partial charge in [0.25, 0.3) is 0 Å². The highest BCUT2D eigenvalue weighted by molar-refractivity contribution is 7.98. The van der Waals surface area contributed by atoms with E-state index >= 15 is 0 Å². The average Bonchev–Trinajstić information content (AvgIpc) is 3.02. The molecule has 0 spiro atoms. The molecule has 1 aliphatic rings. The number of H-pyrrole nitrogens is 1. The Morgan fingerprint density at radius 1 is 1.30 bits per heavy atom. The number of allylic oxidation sites excluding steroid dienone is 4. The van der Waals surface area contributed by atoms with Crippen LogP contribution in [0.5, 0.6) is 0 Å². The lowest BCUT2D eigenvalue weighted by Gasteiger charge is -2.23. The van der Waals surface area contributed by atoms with Gasteiger partial charge in [0.1, 0.15) is 0 Å². The predicted octanol–water partition coefficient (Wildman–Crippen LogP) is 4.50. The summed E-state index contributed by atoms with van der Waals surface area (Å²) < 4.78 is 0. The molecule has 23 heavy (non-hydrogen) atoms. The standard InChI is InChI=1S/C18H22N4S/c1-12(2)16-8-7-14(10-13(16)3)17-20-18(22-21-17)23-11-15-6-4-5-9-19-15/h4-9,12-13H,10-11H2,1-3H3,(H,20,21,22). The number of hydrogen-bond donors (Lipinski definition) is 1. The van der Waals surface area contributed by atoms with Gasteiger partial charge in [-0.25, -0.2) is 4.98 Å². The van der Waals surface area contributed by atoms with Crippen LogP contribution in [0.2, 0.25) is 0 Å². The Bertz CT molecular complexity index is 716. The van der Waals surface area contributed by atoms with Crippen molar-refractivity contribution in [3.05, 3.63) is 53.6 Å². The number of rotatable bonds is 5. The fourth-order valence-corrected chi connectivity index (χ4v) is 3.60. The smallest absolute Gasteiger partial charge is 0.209 e. The first-order valence-electron chi connectivity index (χ1n) is 7.99. The van der Waals surface area contributed by atoms with Crippen LogP contribution in [0.4, 0.5) is 0 Å². The number of aromatic nitrogens is 4. The molecule has 4 nitrogen and oxygen atoms in total. The average molecular weight is 326 g/mol. The number of pyridine rings is 1. The van der Waals surface area contributed by atoms with Crippen molar-refractivity contribution >= 4 is 17.3 Å². The molecule has 3 rings (SSSR count). The topological polar surface area (TPSA) is 54.5 Å². The van der Waals surface area contributed by atoms with Crippen molar-refractivity contribution in [3.63, 3.8) is 0 Å². The number of thioether (sulfide) groups is 1. The molecule has 5 heteroatoms. The number of nitrogens with zero attached hydrogens (tertiary/aromatic N) is 3. The molecule has 0 fully saturated rings. The van der Waals surface area contributed by atoms with Crippen LogP contribution >= 0.6 is 11.8 Å². The Morgan fingerprint density at radius 3 is 2.87 bits per heavy atom. The third-order valence-corrected chi connectivity index (χ3v) is 4.96. The lowest BCUT2D eigenvalue weighted by Crippen LogP contribution is -2.10. The highest BCUT2D eigenvalue weighted by Gasteiger charge is 2.20. The molecule has 0 radical (unpaired) electrons. The van der Waals surface area contributed by atoms with Gasteiger partial charge in [-0.1, -0.05) is 56.3 Å². The highest BCUT2D eigenvalue weighted by Crippen LogP contribution is 2.33. The van der Waals surface area contributed by atoms with Gasteiger partial charge in [-0.15, -0.1) is 5.10 Å². The molecule has 2 heterocycles. The summed E-state index contributed by atoms with van der Waals surface area (Å²) in [5.41, 5.74) is 3.79. The van der Waals surface area contributed by atoms with Crippen LogP contribution in [0.1, 0.15) is 38.7 Å². The van der Waals surface area contributed by atoms with Gasteiger partial charge in [0, 0.05) is 11.9 Å². The van der Waals surface area contributed by atoms with Crippen molar-refractivity contribution in [2.75, 3.05) is 0 Å². The normalized spacial score (nSPS) is 18.0. The van der Waals surface area contributed by atoms with Crippen molar-refractivity contribution in [3.8, 4) is 0 Å². The maximum Gasteiger partial charge on any atom is 0.209 e. The summed E-state index contributed by atoms with van der Waals surface area (Å²) in [4.78, 5) is 8.94. The van der Waals surface area contributed by atoms with Crippen LogP contribution in [0.25, 0.3) is 5.57 Å². The van der Waals surface area contributed by atoms with Crippen molar-refractivity contribution < 1.29 is 0 Å². The molecule has 1 N–H and O–H groups in total. The first-order valence-corrected chi connectivity index (χ1v) is 8.98. The second-order valence-corrected chi connectivity index (χ2v) is 7.14. The Morgan fingerprint density at radius 2 is 2.17 bits per heavy atom. The molecule has 0 aromatic carbocycles. The van der Waals surface area contributed by atoms with E-state index in [1.807, 2.05) is 24.4 Å². The molecule has 0 saturated carbocycles. The van der Waals surface area contributed by atoms with Crippen LogP contribution in [0.3, 0.4) is 0 Å². The van der Waals surface area contributed by atoms with E-state index in [1.165, 1.54) is 11.1 Å². The van der Waals surface area contributed by atoms with E-state index in [4.69, 9.17) is 0 Å². The van der Waals surface area contributed by atoms with Crippen LogP contribution in [-0.2, 0) is 5.75 Å². The van der Waals surface area contributed by atoms with Gasteiger partial charge in [-0.3, -0.25) is 10.1 Å². The molecular formula is C18H22N4S. The molecule has 2 aromatic rings. The fraction of sp³-hybridized carbons (Fsp3) is 0.389. The van der Waals surface area contributed by atoms with E-state index in [9.17, 15) is 0 Å². The summed E-state index contributed by atoms with van der Waals surface area (Å²) in [6, 6.07) is 5.94. The van der Waals surface area contributed by atoms with Gasteiger partial charge >= 0.3 is 0 Å². The second kappa shape index (κ2) is 7.13. The zero-order chi connectivity index (χ0) is 16.2. The molecule has 2 aromatic heterocycles. The van der Waals surface area contributed by atoms with Crippen LogP contribution in [-0.4, -0.2) is 20.2 Å². The summed E-state index contributed by atoms with van der Waals surface area (Å²) in [7, 11) is 0. The van der Waals surface area contributed by atoms with E-state index in [0.29, 0.717) is 11.8 Å². The van der Waals surface area contributed by atoms with Gasteiger partial charge in [0.05, 0.1) is 5.69 Å². The highest BCUT2D eigenvalue weighted by atomic mass is 32.2. The van der Waals surface area contributed by atoms with E-state index in [0.717, 1.165) is 28.8 Å². The lowest BCUT2D eigenvalue weighted by atomic mass is 9.83. The summed E-state index contributed by atoms with van der Waals surface area (Å²) in [6.07, 6.45) is 7.26. The fourth-order valence-electron chi connectivity index (χ4n) is 2.89. The van der Waals surface area contributed by atoms with Gasteiger partial charge in [-0.2, -0.15) is 0 Å². The Labute approximate surface area is 141 Å². The number of nitrogens with one attached hydrogen (secondary N) is 1. The Hall–Kier alpha value is -1.88. The maximum atomic E-state index is 4.62. The minimum atomic E-state index is 0.560. The summed E-state index contributed by atoms with van der Waals surface area (Å²) in [5, 5.41) is 8.18. The SMILES string of the molecule is CC(C)C1=CC=C(c2nc(SCc3ccccn3)n[nH]2)CC1C. The first-order chi connectivity index (χ1) is 11.1. The molecule has 0 bridgehead atoms. The van der Waals surface area contributed by atoms with Crippen molar-refractivity contribution in [1.29, 1.82) is 0 Å². The zero-order valence-electron chi connectivity index (χ0n) is 13.8. The summed E-state index contributed by atoms with van der Waals surface area (Å²) in [5.74, 6) is 2.83. The summed E-state index contributed by atoms with van der Waals surface area (Å²) >= 11 is 1.61. The Balaban J connectivity index is 1.68. The molecule has 120 valence electrons. The molecular weight excluding hydrogens is 304 g/mol. The molecule has 1 unspecified atom stereocenters. The monoisotopic (exact) mass is 326 g/mol. The van der Waals surface area contributed by atoms with Crippen LogP contribution < -0.4 is 0 Å². The third kappa shape index (κ3) is 3.91. The summed E-state index contributed by atoms with van der Waals surface area (Å²) in [6.45, 7) is 6.79. The zero-order valence-corrected chi connectivity index (χ0v) is 14.6. The second-order valence-electron chi connectivity index (χ2n) is 6.19. The van der Waals surface area contributed by atoms with E-state index in [-0.39, 0.29) is 0 Å². The van der Waals surface area contributed by atoms with Gasteiger partial charge in [0.2, 0.25) is 5.16 Å². The quantitative estimate of drug-likeness (QED) is 0.822. The van der Waals surface area contributed by atoms with Gasteiger partial charge < -0.3 is 0 Å². The van der Waals surface area contributed by atoms with Gasteiger partial charge in [-0.05, 0) is 36.0 Å². The van der Waals surface area contributed by atoms with Crippen LogP contribution in [0, 0.1) is 11.8 Å². The molecule has 0 aliphatic heterocycles. The minimum Gasteiger partial charge on any atom is -0.260 e. The largest absolute Gasteiger partial charge is 0.260 e. The predicted molar refractivity (Wildman–Crippen MR) is 94.9 cm³/mol. The molecule has 0 amide bonds. The van der Waals surface area contributed by atoms with E-state index < -0.39 is 0 Å².